The van der Waals surface area contributed by atoms with Gasteiger partial charge in [0.25, 0.3) is 0 Å². The Balaban J connectivity index is 2.48. The van der Waals surface area contributed by atoms with Crippen molar-refractivity contribution < 1.29 is 9.90 Å². The standard InChI is InChI=1S/C12H14N4O2S/c1-7-8(2)14-15-11(9(7)5-13)16-3-4-19-6-10(16)12(17)18/h10H,3-4,6H2,1-2H3,(H,17,18). The monoisotopic (exact) mass is 278 g/mol. The Labute approximate surface area is 115 Å². The topological polar surface area (TPSA) is 90.1 Å². The molecule has 19 heavy (non-hydrogen) atoms. The molecule has 1 aliphatic heterocycles. The molecule has 1 atom stereocenters. The zero-order chi connectivity index (χ0) is 14.0. The Kier molecular flexibility index (Phi) is 3.90. The van der Waals surface area contributed by atoms with Gasteiger partial charge in [0.2, 0.25) is 0 Å². The predicted molar refractivity (Wildman–Crippen MR) is 72.3 cm³/mol. The molecule has 1 aromatic heterocycles. The van der Waals surface area contributed by atoms with Crippen LogP contribution in [0.25, 0.3) is 0 Å². The lowest BCUT2D eigenvalue weighted by molar-refractivity contribution is -0.138. The number of hydrogen-bond donors (Lipinski definition) is 1. The average Bonchev–Trinajstić information content (AvgIpc) is 2.41. The van der Waals surface area contributed by atoms with Gasteiger partial charge in [0.15, 0.2) is 5.82 Å². The third-order valence-corrected chi connectivity index (χ3v) is 4.26. The molecule has 1 aromatic rings. The third kappa shape index (κ3) is 2.49. The van der Waals surface area contributed by atoms with Gasteiger partial charge in [0, 0.05) is 18.1 Å². The molecule has 0 spiro atoms. The van der Waals surface area contributed by atoms with Crippen LogP contribution in [0.5, 0.6) is 0 Å². The molecule has 2 rings (SSSR count). The molecular formula is C12H14N4O2S. The molecule has 1 N–H and O–H groups in total. The van der Waals surface area contributed by atoms with E-state index in [1.807, 2.05) is 0 Å². The molecule has 0 aliphatic carbocycles. The van der Waals surface area contributed by atoms with E-state index in [0.29, 0.717) is 29.4 Å². The van der Waals surface area contributed by atoms with E-state index in [1.54, 1.807) is 30.5 Å². The number of anilines is 1. The summed E-state index contributed by atoms with van der Waals surface area (Å²) in [5.74, 6) is 0.812. The number of thioether (sulfide) groups is 1. The van der Waals surface area contributed by atoms with Crippen LogP contribution >= 0.6 is 11.8 Å². The van der Waals surface area contributed by atoms with Crippen molar-refractivity contribution in [3.05, 3.63) is 16.8 Å². The fourth-order valence-corrected chi connectivity index (χ4v) is 3.03. The lowest BCUT2D eigenvalue weighted by Crippen LogP contribution is -2.48. The first-order chi connectivity index (χ1) is 9.06. The summed E-state index contributed by atoms with van der Waals surface area (Å²) in [6.07, 6.45) is 0. The fourth-order valence-electron chi connectivity index (χ4n) is 1.99. The number of carbonyl (C=O) groups is 1. The van der Waals surface area contributed by atoms with Crippen molar-refractivity contribution in [1.82, 2.24) is 10.2 Å². The Morgan fingerprint density at radius 3 is 2.89 bits per heavy atom. The van der Waals surface area contributed by atoms with Crippen molar-refractivity contribution in [3.63, 3.8) is 0 Å². The van der Waals surface area contributed by atoms with Crippen LogP contribution in [0.1, 0.15) is 16.8 Å². The minimum atomic E-state index is -0.892. The van der Waals surface area contributed by atoms with Crippen LogP contribution in [0.15, 0.2) is 0 Å². The first-order valence-electron chi connectivity index (χ1n) is 5.87. The van der Waals surface area contributed by atoms with Crippen molar-refractivity contribution in [3.8, 4) is 6.07 Å². The van der Waals surface area contributed by atoms with Gasteiger partial charge in [-0.15, -0.1) is 5.10 Å². The summed E-state index contributed by atoms with van der Waals surface area (Å²) in [5, 5.41) is 26.6. The van der Waals surface area contributed by atoms with Crippen molar-refractivity contribution in [2.45, 2.75) is 19.9 Å². The Bertz CT molecular complexity index is 555. The summed E-state index contributed by atoms with van der Waals surface area (Å²) in [7, 11) is 0. The first kappa shape index (κ1) is 13.6. The minimum absolute atomic E-state index is 0.387. The van der Waals surface area contributed by atoms with Crippen molar-refractivity contribution >= 4 is 23.5 Å². The zero-order valence-corrected chi connectivity index (χ0v) is 11.6. The van der Waals surface area contributed by atoms with E-state index < -0.39 is 12.0 Å². The fraction of sp³-hybridized carbons (Fsp3) is 0.500. The summed E-state index contributed by atoms with van der Waals surface area (Å²) in [4.78, 5) is 13.0. The zero-order valence-electron chi connectivity index (χ0n) is 10.8. The van der Waals surface area contributed by atoms with Gasteiger partial charge in [-0.1, -0.05) is 0 Å². The smallest absolute Gasteiger partial charge is 0.327 e. The van der Waals surface area contributed by atoms with Crippen LogP contribution < -0.4 is 4.90 Å². The van der Waals surface area contributed by atoms with Crippen molar-refractivity contribution in [2.75, 3.05) is 23.0 Å². The summed E-state index contributed by atoms with van der Waals surface area (Å²) >= 11 is 1.60. The summed E-state index contributed by atoms with van der Waals surface area (Å²) in [6.45, 7) is 4.15. The van der Waals surface area contributed by atoms with Crippen LogP contribution in [-0.2, 0) is 4.79 Å². The average molecular weight is 278 g/mol. The van der Waals surface area contributed by atoms with E-state index in [2.05, 4.69) is 16.3 Å². The van der Waals surface area contributed by atoms with E-state index in [9.17, 15) is 15.2 Å². The second-order valence-corrected chi connectivity index (χ2v) is 5.49. The third-order valence-electron chi connectivity index (χ3n) is 3.23. The highest BCUT2D eigenvalue weighted by atomic mass is 32.2. The maximum atomic E-state index is 11.3. The van der Waals surface area contributed by atoms with Crippen LogP contribution in [0.2, 0.25) is 0 Å². The van der Waals surface area contributed by atoms with Gasteiger partial charge in [-0.2, -0.15) is 22.1 Å². The number of nitriles is 1. The van der Waals surface area contributed by atoms with Crippen LogP contribution in [0, 0.1) is 25.2 Å². The molecule has 0 radical (unpaired) electrons. The summed E-state index contributed by atoms with van der Waals surface area (Å²) in [6, 6.07) is 1.47. The second-order valence-electron chi connectivity index (χ2n) is 4.34. The Hall–Kier alpha value is -1.81. The lowest BCUT2D eigenvalue weighted by Gasteiger charge is -2.33. The number of nitrogens with zero attached hydrogens (tertiary/aromatic N) is 4. The van der Waals surface area contributed by atoms with E-state index in [4.69, 9.17) is 0 Å². The molecule has 0 amide bonds. The molecule has 6 nitrogen and oxygen atoms in total. The maximum absolute atomic E-state index is 11.3. The molecule has 7 heteroatoms. The molecule has 100 valence electrons. The van der Waals surface area contributed by atoms with Gasteiger partial charge in [-0.3, -0.25) is 0 Å². The molecule has 0 saturated carbocycles. The molecular weight excluding hydrogens is 264 g/mol. The molecule has 1 fully saturated rings. The number of rotatable bonds is 2. The highest BCUT2D eigenvalue weighted by Gasteiger charge is 2.32. The molecule has 1 aliphatic rings. The molecule has 0 aromatic carbocycles. The van der Waals surface area contributed by atoms with Crippen LogP contribution in [0.3, 0.4) is 0 Å². The molecule has 2 heterocycles. The highest BCUT2D eigenvalue weighted by Crippen LogP contribution is 2.27. The van der Waals surface area contributed by atoms with E-state index in [0.717, 1.165) is 11.3 Å². The van der Waals surface area contributed by atoms with Gasteiger partial charge < -0.3 is 10.0 Å². The minimum Gasteiger partial charge on any atom is -0.480 e. The molecule has 0 bridgehead atoms. The quantitative estimate of drug-likeness (QED) is 0.862. The van der Waals surface area contributed by atoms with Gasteiger partial charge in [0.1, 0.15) is 17.7 Å². The van der Waals surface area contributed by atoms with Crippen molar-refractivity contribution in [1.29, 1.82) is 5.26 Å². The van der Waals surface area contributed by atoms with Crippen LogP contribution in [0.4, 0.5) is 5.82 Å². The Morgan fingerprint density at radius 1 is 1.53 bits per heavy atom. The van der Waals surface area contributed by atoms with Crippen LogP contribution in [-0.4, -0.2) is 45.4 Å². The van der Waals surface area contributed by atoms with Gasteiger partial charge >= 0.3 is 5.97 Å². The van der Waals surface area contributed by atoms with Gasteiger partial charge in [-0.05, 0) is 19.4 Å². The van der Waals surface area contributed by atoms with E-state index >= 15 is 0 Å². The Morgan fingerprint density at radius 2 is 2.26 bits per heavy atom. The van der Waals surface area contributed by atoms with E-state index in [-0.39, 0.29) is 0 Å². The molecule has 1 saturated heterocycles. The highest BCUT2D eigenvalue weighted by molar-refractivity contribution is 7.99. The number of aromatic nitrogens is 2. The molecule has 1 unspecified atom stereocenters. The number of aryl methyl sites for hydroxylation is 1. The normalized spacial score (nSPS) is 19.0. The second kappa shape index (κ2) is 5.45. The SMILES string of the molecule is Cc1nnc(N2CCSCC2C(=O)O)c(C#N)c1C. The van der Waals surface area contributed by atoms with Gasteiger partial charge in [-0.25, -0.2) is 4.79 Å². The predicted octanol–water partition coefficient (Wildman–Crippen LogP) is 0.972. The van der Waals surface area contributed by atoms with Crippen molar-refractivity contribution in [2.24, 2.45) is 0 Å². The number of carboxylic acid groups (broad SMARTS) is 1. The maximum Gasteiger partial charge on any atom is 0.327 e. The van der Waals surface area contributed by atoms with Gasteiger partial charge in [0.05, 0.1) is 5.69 Å². The summed E-state index contributed by atoms with van der Waals surface area (Å²) < 4.78 is 0. The largest absolute Gasteiger partial charge is 0.480 e. The summed E-state index contributed by atoms with van der Waals surface area (Å²) in [5.41, 5.74) is 1.87. The number of aliphatic carboxylic acids is 1. The lowest BCUT2D eigenvalue weighted by atomic mass is 10.1. The number of hydrogen-bond acceptors (Lipinski definition) is 6. The number of carboxylic acids is 1. The van der Waals surface area contributed by atoms with E-state index in [1.165, 1.54) is 0 Å². The first-order valence-corrected chi connectivity index (χ1v) is 7.03.